The van der Waals surface area contributed by atoms with E-state index in [9.17, 15) is 24.5 Å². The number of nitro benzene ring substituents is 1. The van der Waals surface area contributed by atoms with Gasteiger partial charge in [-0.2, -0.15) is 0 Å². The molecule has 10 heteroatoms. The Morgan fingerprint density at radius 2 is 2.00 bits per heavy atom. The highest BCUT2D eigenvalue weighted by Crippen LogP contribution is 2.19. The number of non-ortho nitro benzene ring substituents is 1. The van der Waals surface area contributed by atoms with Gasteiger partial charge in [-0.3, -0.25) is 14.9 Å². The van der Waals surface area contributed by atoms with Crippen molar-refractivity contribution in [3.8, 4) is 5.69 Å². The molecular formula is C19H18N4O6. The molecule has 3 rings (SSSR count). The number of hydrogen-bond donors (Lipinski definition) is 0. The van der Waals surface area contributed by atoms with E-state index in [2.05, 4.69) is 4.98 Å². The van der Waals surface area contributed by atoms with Gasteiger partial charge in [-0.1, -0.05) is 13.0 Å². The summed E-state index contributed by atoms with van der Waals surface area (Å²) in [5.41, 5.74) is -1.55. The normalized spacial score (nSPS) is 11.9. The molecular weight excluding hydrogens is 380 g/mol. The molecule has 1 aromatic carbocycles. The monoisotopic (exact) mass is 398 g/mol. The number of carbonyl (C=O) groups is 1. The van der Waals surface area contributed by atoms with Crippen molar-refractivity contribution in [1.82, 2.24) is 14.1 Å². The quantitative estimate of drug-likeness (QED) is 0.353. The lowest BCUT2D eigenvalue weighted by Crippen LogP contribution is -2.44. The molecule has 0 spiro atoms. The third-order valence-electron chi connectivity index (χ3n) is 4.40. The first-order chi connectivity index (χ1) is 13.9. The van der Waals surface area contributed by atoms with Crippen LogP contribution in [0.25, 0.3) is 16.7 Å². The standard InChI is InChI=1S/C19H18N4O6/c1-3-15(18(25)29-4-2)22-17(24)14-9-6-10-20-16(14)21(19(22)26)12-7-5-8-13(11-12)23(27)28/h5-11,15H,3-4H2,1-2H3/t15-/m1/s1. The lowest BCUT2D eigenvalue weighted by atomic mass is 10.2. The van der Waals surface area contributed by atoms with Crippen LogP contribution in [0.3, 0.4) is 0 Å². The van der Waals surface area contributed by atoms with E-state index < -0.39 is 28.2 Å². The Morgan fingerprint density at radius 1 is 1.24 bits per heavy atom. The zero-order valence-electron chi connectivity index (χ0n) is 15.8. The number of rotatable bonds is 6. The number of ether oxygens (including phenoxy) is 1. The molecule has 10 nitrogen and oxygen atoms in total. The summed E-state index contributed by atoms with van der Waals surface area (Å²) in [5, 5.41) is 11.3. The Labute approximate surface area is 164 Å². The fourth-order valence-electron chi connectivity index (χ4n) is 3.10. The van der Waals surface area contributed by atoms with Crippen LogP contribution in [0.15, 0.2) is 52.2 Å². The molecule has 0 N–H and O–H groups in total. The van der Waals surface area contributed by atoms with Crippen molar-refractivity contribution in [3.63, 3.8) is 0 Å². The summed E-state index contributed by atoms with van der Waals surface area (Å²) in [6.45, 7) is 3.37. The minimum Gasteiger partial charge on any atom is -0.464 e. The molecule has 0 unspecified atom stereocenters. The molecule has 0 saturated carbocycles. The van der Waals surface area contributed by atoms with E-state index in [0.717, 1.165) is 9.13 Å². The fourth-order valence-corrected chi connectivity index (χ4v) is 3.10. The van der Waals surface area contributed by atoms with Gasteiger partial charge >= 0.3 is 11.7 Å². The second-order valence-electron chi connectivity index (χ2n) is 6.12. The van der Waals surface area contributed by atoms with Crippen molar-refractivity contribution in [2.45, 2.75) is 26.3 Å². The van der Waals surface area contributed by atoms with Gasteiger partial charge in [-0.05, 0) is 31.5 Å². The molecule has 0 radical (unpaired) electrons. The average molecular weight is 398 g/mol. The van der Waals surface area contributed by atoms with Gasteiger partial charge in [-0.25, -0.2) is 23.7 Å². The van der Waals surface area contributed by atoms with E-state index in [1.165, 1.54) is 42.6 Å². The summed E-state index contributed by atoms with van der Waals surface area (Å²) >= 11 is 0. The number of pyridine rings is 1. The van der Waals surface area contributed by atoms with Gasteiger partial charge in [0.1, 0.15) is 6.04 Å². The van der Waals surface area contributed by atoms with Crippen LogP contribution < -0.4 is 11.2 Å². The molecule has 1 atom stereocenters. The van der Waals surface area contributed by atoms with Crippen LogP contribution in [-0.2, 0) is 9.53 Å². The zero-order valence-corrected chi connectivity index (χ0v) is 15.8. The van der Waals surface area contributed by atoms with Crippen molar-refractivity contribution >= 4 is 22.7 Å². The first-order valence-electron chi connectivity index (χ1n) is 8.94. The van der Waals surface area contributed by atoms with E-state index in [4.69, 9.17) is 4.74 Å². The van der Waals surface area contributed by atoms with Crippen molar-refractivity contribution in [2.75, 3.05) is 6.61 Å². The van der Waals surface area contributed by atoms with Crippen LogP contribution in [-0.4, -0.2) is 31.6 Å². The number of carbonyl (C=O) groups excluding carboxylic acids is 1. The summed E-state index contributed by atoms with van der Waals surface area (Å²) in [6.07, 6.45) is 1.55. The van der Waals surface area contributed by atoms with Crippen LogP contribution >= 0.6 is 0 Å². The van der Waals surface area contributed by atoms with E-state index >= 15 is 0 Å². The topological polar surface area (TPSA) is 126 Å². The highest BCUT2D eigenvalue weighted by atomic mass is 16.6. The minimum absolute atomic E-state index is 0.0398. The Bertz CT molecular complexity index is 1210. The lowest BCUT2D eigenvalue weighted by Gasteiger charge is -2.19. The number of nitrogens with zero attached hydrogens (tertiary/aromatic N) is 4. The third-order valence-corrected chi connectivity index (χ3v) is 4.40. The summed E-state index contributed by atoms with van der Waals surface area (Å²) in [6, 6.07) is 7.27. The number of benzene rings is 1. The fraction of sp³-hybridized carbons (Fsp3) is 0.263. The highest BCUT2D eigenvalue weighted by molar-refractivity contribution is 5.78. The number of esters is 1. The zero-order chi connectivity index (χ0) is 21.1. The van der Waals surface area contributed by atoms with Crippen molar-refractivity contribution in [1.29, 1.82) is 0 Å². The summed E-state index contributed by atoms with van der Waals surface area (Å²) in [5.74, 6) is -0.706. The minimum atomic E-state index is -1.13. The molecule has 2 aromatic heterocycles. The molecule has 29 heavy (non-hydrogen) atoms. The first-order valence-corrected chi connectivity index (χ1v) is 8.94. The van der Waals surface area contributed by atoms with Crippen LogP contribution in [0.5, 0.6) is 0 Å². The van der Waals surface area contributed by atoms with Gasteiger partial charge in [0.05, 0.1) is 22.6 Å². The Kier molecular flexibility index (Phi) is 5.53. The highest BCUT2D eigenvalue weighted by Gasteiger charge is 2.27. The molecule has 0 fully saturated rings. The predicted octanol–water partition coefficient (Wildman–Crippen LogP) is 1.97. The van der Waals surface area contributed by atoms with Gasteiger partial charge in [0, 0.05) is 18.3 Å². The molecule has 0 amide bonds. The summed E-state index contributed by atoms with van der Waals surface area (Å²) < 4.78 is 6.92. The maximum Gasteiger partial charge on any atom is 0.338 e. The first kappa shape index (κ1) is 19.9. The predicted molar refractivity (Wildman–Crippen MR) is 104 cm³/mol. The van der Waals surface area contributed by atoms with Crippen molar-refractivity contribution < 1.29 is 14.5 Å². The van der Waals surface area contributed by atoms with E-state index in [1.807, 2.05) is 0 Å². The Morgan fingerprint density at radius 3 is 2.66 bits per heavy atom. The van der Waals surface area contributed by atoms with Crippen molar-refractivity contribution in [3.05, 3.63) is 73.5 Å². The molecule has 0 aliphatic rings. The lowest BCUT2D eigenvalue weighted by molar-refractivity contribution is -0.384. The van der Waals surface area contributed by atoms with E-state index in [-0.39, 0.29) is 35.4 Å². The van der Waals surface area contributed by atoms with E-state index in [1.54, 1.807) is 13.8 Å². The largest absolute Gasteiger partial charge is 0.464 e. The second-order valence-corrected chi connectivity index (χ2v) is 6.12. The third kappa shape index (κ3) is 3.51. The van der Waals surface area contributed by atoms with Crippen LogP contribution in [0.1, 0.15) is 26.3 Å². The number of nitro groups is 1. The Hall–Kier alpha value is -3.82. The van der Waals surface area contributed by atoms with Gasteiger partial charge in [-0.15, -0.1) is 0 Å². The maximum atomic E-state index is 13.3. The van der Waals surface area contributed by atoms with Crippen LogP contribution in [0, 0.1) is 10.1 Å². The number of hydrogen-bond acceptors (Lipinski definition) is 7. The van der Waals surface area contributed by atoms with Gasteiger partial charge in [0.25, 0.3) is 11.2 Å². The molecule has 2 heterocycles. The van der Waals surface area contributed by atoms with Gasteiger partial charge in [0.15, 0.2) is 5.65 Å². The molecule has 150 valence electrons. The number of fused-ring (bicyclic) bond motifs is 1. The molecule has 0 saturated heterocycles. The molecule has 3 aromatic rings. The van der Waals surface area contributed by atoms with Crippen molar-refractivity contribution in [2.24, 2.45) is 0 Å². The summed E-state index contributed by atoms with van der Waals surface area (Å²) in [7, 11) is 0. The second kappa shape index (κ2) is 8.05. The number of aromatic nitrogens is 3. The molecule has 0 aliphatic heterocycles. The van der Waals surface area contributed by atoms with Gasteiger partial charge in [0.2, 0.25) is 0 Å². The maximum absolute atomic E-state index is 13.3. The molecule has 0 aliphatic carbocycles. The van der Waals surface area contributed by atoms with Gasteiger partial charge < -0.3 is 4.74 Å². The summed E-state index contributed by atoms with van der Waals surface area (Å²) in [4.78, 5) is 53.4. The van der Waals surface area contributed by atoms with E-state index in [0.29, 0.717) is 0 Å². The average Bonchev–Trinajstić information content (AvgIpc) is 2.71. The Balaban J connectivity index is 2.41. The van der Waals surface area contributed by atoms with Crippen LogP contribution in [0.2, 0.25) is 0 Å². The SMILES string of the molecule is CCOC(=O)[C@@H](CC)n1c(=O)c2cccnc2n(-c2cccc([N+](=O)[O-])c2)c1=O. The molecule has 0 bridgehead atoms. The smallest absolute Gasteiger partial charge is 0.338 e. The van der Waals surface area contributed by atoms with Crippen LogP contribution in [0.4, 0.5) is 5.69 Å².